The maximum atomic E-state index is 12.9. The molecule has 15 heavy (non-hydrogen) atoms. The highest BCUT2D eigenvalue weighted by Gasteiger charge is 2.18. The molecule has 1 aliphatic heterocycles. The van der Waals surface area contributed by atoms with Crippen molar-refractivity contribution in [2.24, 2.45) is 0 Å². The smallest absolute Gasteiger partial charge is 0.228 e. The molecule has 0 N–H and O–H groups in total. The van der Waals surface area contributed by atoms with Gasteiger partial charge in [-0.05, 0) is 18.6 Å². The minimum Gasteiger partial charge on any atom is -0.476 e. The van der Waals surface area contributed by atoms with Crippen molar-refractivity contribution in [1.82, 2.24) is 0 Å². The van der Waals surface area contributed by atoms with Crippen LogP contribution in [0.1, 0.15) is 12.8 Å². The highest BCUT2D eigenvalue weighted by atomic mass is 19.1. The third-order valence-corrected chi connectivity index (χ3v) is 2.19. The van der Waals surface area contributed by atoms with Crippen LogP contribution in [0.3, 0.4) is 0 Å². The Morgan fingerprint density at radius 1 is 1.53 bits per heavy atom. The standard InChI is InChI=1S/C11H10FNO2/c1-13-9-5-4-8(12)7-10(9)15-11-3-2-6-14-11/h4-5,7,11H,2-3,6H2. The second kappa shape index (κ2) is 4.28. The third-order valence-electron chi connectivity index (χ3n) is 2.19. The molecule has 1 unspecified atom stereocenters. The first-order chi connectivity index (χ1) is 7.29. The van der Waals surface area contributed by atoms with Crippen molar-refractivity contribution < 1.29 is 13.9 Å². The molecule has 1 aliphatic rings. The van der Waals surface area contributed by atoms with Gasteiger partial charge in [0, 0.05) is 12.5 Å². The molecule has 0 amide bonds. The van der Waals surface area contributed by atoms with Crippen molar-refractivity contribution in [3.05, 3.63) is 35.4 Å². The number of nitrogens with zero attached hydrogens (tertiary/aromatic N) is 1. The van der Waals surface area contributed by atoms with Crippen molar-refractivity contribution in [3.8, 4) is 5.75 Å². The van der Waals surface area contributed by atoms with E-state index in [-0.39, 0.29) is 12.0 Å². The van der Waals surface area contributed by atoms with Gasteiger partial charge in [0.2, 0.25) is 5.69 Å². The van der Waals surface area contributed by atoms with Gasteiger partial charge in [-0.25, -0.2) is 9.24 Å². The summed E-state index contributed by atoms with van der Waals surface area (Å²) in [7, 11) is 0. The Labute approximate surface area is 87.2 Å². The maximum Gasteiger partial charge on any atom is 0.228 e. The van der Waals surface area contributed by atoms with Gasteiger partial charge in [0.05, 0.1) is 13.2 Å². The molecule has 0 aromatic heterocycles. The first-order valence-electron chi connectivity index (χ1n) is 4.75. The molecule has 0 saturated carbocycles. The molecule has 4 heteroatoms. The highest BCUT2D eigenvalue weighted by molar-refractivity contribution is 5.57. The van der Waals surface area contributed by atoms with E-state index in [4.69, 9.17) is 16.0 Å². The molecule has 0 radical (unpaired) electrons. The lowest BCUT2D eigenvalue weighted by Crippen LogP contribution is -2.13. The topological polar surface area (TPSA) is 22.8 Å². The van der Waals surface area contributed by atoms with E-state index in [1.807, 2.05) is 0 Å². The summed E-state index contributed by atoms with van der Waals surface area (Å²) in [5.41, 5.74) is 0.312. The van der Waals surface area contributed by atoms with Gasteiger partial charge in [0.25, 0.3) is 0 Å². The maximum absolute atomic E-state index is 12.9. The Hall–Kier alpha value is -1.60. The van der Waals surface area contributed by atoms with E-state index in [2.05, 4.69) is 4.85 Å². The van der Waals surface area contributed by atoms with E-state index >= 15 is 0 Å². The molecule has 1 fully saturated rings. The average molecular weight is 207 g/mol. The minimum atomic E-state index is -0.407. The fourth-order valence-electron chi connectivity index (χ4n) is 1.46. The Kier molecular flexibility index (Phi) is 2.84. The highest BCUT2D eigenvalue weighted by Crippen LogP contribution is 2.30. The number of benzene rings is 1. The number of ether oxygens (including phenoxy) is 2. The lowest BCUT2D eigenvalue weighted by Gasteiger charge is -2.13. The Balaban J connectivity index is 2.18. The van der Waals surface area contributed by atoms with Crippen molar-refractivity contribution in [1.29, 1.82) is 0 Å². The average Bonchev–Trinajstić information content (AvgIpc) is 2.71. The van der Waals surface area contributed by atoms with Crippen molar-refractivity contribution in [2.75, 3.05) is 6.61 Å². The van der Waals surface area contributed by atoms with Crippen molar-refractivity contribution >= 4 is 5.69 Å². The minimum absolute atomic E-state index is 0.261. The molecule has 0 spiro atoms. The Bertz CT molecular complexity index is 394. The van der Waals surface area contributed by atoms with Crippen LogP contribution in [0.15, 0.2) is 18.2 Å². The van der Waals surface area contributed by atoms with Crippen LogP contribution >= 0.6 is 0 Å². The van der Waals surface area contributed by atoms with E-state index in [0.717, 1.165) is 12.8 Å². The summed E-state index contributed by atoms with van der Waals surface area (Å²) in [5.74, 6) is -0.146. The lowest BCUT2D eigenvalue weighted by atomic mass is 10.3. The summed E-state index contributed by atoms with van der Waals surface area (Å²) >= 11 is 0. The third kappa shape index (κ3) is 2.25. The van der Waals surface area contributed by atoms with E-state index in [0.29, 0.717) is 12.3 Å². The number of rotatable bonds is 2. The zero-order valence-corrected chi connectivity index (χ0v) is 8.07. The molecule has 3 nitrogen and oxygen atoms in total. The SMILES string of the molecule is [C-]#[N+]c1ccc(F)cc1OC1CCCO1. The zero-order valence-electron chi connectivity index (χ0n) is 8.07. The molecular formula is C11H10FNO2. The van der Waals surface area contributed by atoms with E-state index in [1.54, 1.807) is 0 Å². The fourth-order valence-corrected chi connectivity index (χ4v) is 1.46. The summed E-state index contributed by atoms with van der Waals surface area (Å²) in [6.45, 7) is 7.57. The van der Waals surface area contributed by atoms with Crippen molar-refractivity contribution in [3.63, 3.8) is 0 Å². The normalized spacial score (nSPS) is 19.9. The molecule has 1 atom stereocenters. The van der Waals surface area contributed by atoms with Gasteiger partial charge in [-0.2, -0.15) is 0 Å². The van der Waals surface area contributed by atoms with Gasteiger partial charge >= 0.3 is 0 Å². The summed E-state index contributed by atoms with van der Waals surface area (Å²) in [6, 6.07) is 3.87. The Morgan fingerprint density at radius 2 is 2.40 bits per heavy atom. The van der Waals surface area contributed by atoms with Crippen LogP contribution in [-0.2, 0) is 4.74 Å². The van der Waals surface area contributed by atoms with Crippen LogP contribution in [0.4, 0.5) is 10.1 Å². The van der Waals surface area contributed by atoms with Gasteiger partial charge in [0.1, 0.15) is 11.6 Å². The number of hydrogen-bond acceptors (Lipinski definition) is 2. The molecule has 78 valence electrons. The zero-order chi connectivity index (χ0) is 10.7. The van der Waals surface area contributed by atoms with E-state index < -0.39 is 5.82 Å². The van der Waals surface area contributed by atoms with Gasteiger partial charge in [-0.15, -0.1) is 0 Å². The molecular weight excluding hydrogens is 197 g/mol. The molecule has 2 rings (SSSR count). The fraction of sp³-hybridized carbons (Fsp3) is 0.364. The molecule has 1 saturated heterocycles. The quantitative estimate of drug-likeness (QED) is 0.696. The monoisotopic (exact) mass is 207 g/mol. The molecule has 0 bridgehead atoms. The van der Waals surface area contributed by atoms with Gasteiger partial charge in [-0.3, -0.25) is 0 Å². The predicted molar refractivity (Wildman–Crippen MR) is 52.3 cm³/mol. The van der Waals surface area contributed by atoms with Crippen LogP contribution in [0, 0.1) is 12.4 Å². The predicted octanol–water partition coefficient (Wildman–Crippen LogP) is 2.89. The lowest BCUT2D eigenvalue weighted by molar-refractivity contribution is -0.0386. The summed E-state index contributed by atoms with van der Waals surface area (Å²) in [6.07, 6.45) is 1.38. The van der Waals surface area contributed by atoms with Crippen LogP contribution in [0.5, 0.6) is 5.75 Å². The van der Waals surface area contributed by atoms with Crippen molar-refractivity contribution in [2.45, 2.75) is 19.1 Å². The van der Waals surface area contributed by atoms with Crippen LogP contribution in [0.25, 0.3) is 4.85 Å². The summed E-state index contributed by atoms with van der Waals surface area (Å²) in [5, 5.41) is 0. The molecule has 1 aromatic carbocycles. The molecule has 1 heterocycles. The summed E-state index contributed by atoms with van der Waals surface area (Å²) in [4.78, 5) is 3.26. The van der Waals surface area contributed by atoms with Crippen LogP contribution in [0.2, 0.25) is 0 Å². The van der Waals surface area contributed by atoms with Gasteiger partial charge in [-0.1, -0.05) is 0 Å². The molecule has 0 aliphatic carbocycles. The number of halogens is 1. The van der Waals surface area contributed by atoms with Crippen LogP contribution in [-0.4, -0.2) is 12.9 Å². The van der Waals surface area contributed by atoms with Gasteiger partial charge < -0.3 is 9.47 Å². The second-order valence-electron chi connectivity index (χ2n) is 3.28. The summed E-state index contributed by atoms with van der Waals surface area (Å²) < 4.78 is 23.6. The second-order valence-corrected chi connectivity index (χ2v) is 3.28. The molecule has 1 aromatic rings. The van der Waals surface area contributed by atoms with Gasteiger partial charge in [0.15, 0.2) is 6.29 Å². The largest absolute Gasteiger partial charge is 0.476 e. The first kappa shape index (κ1) is 9.94. The van der Waals surface area contributed by atoms with E-state index in [9.17, 15) is 4.39 Å². The first-order valence-corrected chi connectivity index (χ1v) is 4.75. The van der Waals surface area contributed by atoms with E-state index in [1.165, 1.54) is 18.2 Å². The van der Waals surface area contributed by atoms with Crippen LogP contribution < -0.4 is 4.74 Å². The Morgan fingerprint density at radius 3 is 3.07 bits per heavy atom. The number of hydrogen-bond donors (Lipinski definition) is 0.